The van der Waals surface area contributed by atoms with Crippen LogP contribution in [0, 0.1) is 0 Å². The second-order valence-electron chi connectivity index (χ2n) is 1.56. The molecule has 0 saturated carbocycles. The van der Waals surface area contributed by atoms with E-state index in [-0.39, 0.29) is 4.75 Å². The lowest BCUT2D eigenvalue weighted by Crippen LogP contribution is -1.85. The monoisotopic (exact) mass is 86.0 g/mol. The van der Waals surface area contributed by atoms with Gasteiger partial charge in [0.05, 0.1) is 0 Å². The molecule has 0 aromatic rings. The molecule has 0 atom stereocenters. The molecule has 1 rings (SSSR count). The van der Waals surface area contributed by atoms with E-state index in [1.807, 2.05) is 0 Å². The van der Waals surface area contributed by atoms with Gasteiger partial charge in [-0.05, 0) is 6.92 Å². The van der Waals surface area contributed by atoms with Crippen molar-refractivity contribution in [3.63, 3.8) is 0 Å². The summed E-state index contributed by atoms with van der Waals surface area (Å²) in [7, 11) is 0. The third-order valence-electron chi connectivity index (χ3n) is 0.649. The van der Waals surface area contributed by atoms with E-state index in [2.05, 4.69) is 31.7 Å². The Bertz CT molecular complexity index is 63.7. The predicted octanol–water partition coefficient (Wildman–Crippen LogP) is 1.24. The molecule has 0 N–H and O–H groups in total. The van der Waals surface area contributed by atoms with Gasteiger partial charge in [-0.15, -0.1) is 0 Å². The van der Waals surface area contributed by atoms with Gasteiger partial charge in [0.15, 0.2) is 0 Å². The maximum absolute atomic E-state index is 4.12. The lowest BCUT2D eigenvalue weighted by Gasteiger charge is -1.88. The predicted molar refractivity (Wildman–Crippen MR) is 26.5 cm³/mol. The molecule has 1 aliphatic rings. The Morgan fingerprint density at radius 1 is 1.60 bits per heavy atom. The smallest absolute Gasteiger partial charge is 0.0461 e. The Morgan fingerprint density at radius 2 is 1.80 bits per heavy atom. The molecule has 0 spiro atoms. The van der Waals surface area contributed by atoms with Crippen LogP contribution in [0.3, 0.4) is 0 Å². The minimum atomic E-state index is 0.194. The number of hydrogen-bond acceptors (Lipinski definition) is 1. The molecule has 0 heterocycles. The molecule has 0 aliphatic heterocycles. The van der Waals surface area contributed by atoms with E-state index in [9.17, 15) is 0 Å². The molecule has 0 aromatic heterocycles. The quantitative estimate of drug-likeness (QED) is 0.333. The van der Waals surface area contributed by atoms with E-state index in [1.165, 1.54) is 0 Å². The summed E-state index contributed by atoms with van der Waals surface area (Å²) in [6.07, 6.45) is 4.10. The van der Waals surface area contributed by atoms with Crippen molar-refractivity contribution >= 4 is 12.6 Å². The van der Waals surface area contributed by atoms with Gasteiger partial charge in [0.25, 0.3) is 0 Å². The SMILES string of the molecule is CC1(S)C=C1. The fourth-order valence-corrected chi connectivity index (χ4v) is 0.195. The van der Waals surface area contributed by atoms with E-state index in [0.29, 0.717) is 0 Å². The van der Waals surface area contributed by atoms with Gasteiger partial charge in [0, 0.05) is 4.75 Å². The normalized spacial score (nSPS) is 26.8. The van der Waals surface area contributed by atoms with E-state index in [0.717, 1.165) is 0 Å². The average Bonchev–Trinajstić information content (AvgIpc) is 1.76. The fraction of sp³-hybridized carbons (Fsp3) is 0.500. The molecule has 0 unspecified atom stereocenters. The summed E-state index contributed by atoms with van der Waals surface area (Å²) in [6.45, 7) is 2.05. The van der Waals surface area contributed by atoms with E-state index < -0.39 is 0 Å². The molecule has 0 saturated heterocycles. The average molecular weight is 86.2 g/mol. The molecule has 0 aromatic carbocycles. The minimum Gasteiger partial charge on any atom is -0.164 e. The molecule has 0 bridgehead atoms. The lowest BCUT2D eigenvalue weighted by atomic mass is 10.4. The van der Waals surface area contributed by atoms with Gasteiger partial charge in [-0.1, -0.05) is 12.2 Å². The summed E-state index contributed by atoms with van der Waals surface area (Å²) in [5.74, 6) is 0. The van der Waals surface area contributed by atoms with Crippen LogP contribution in [0.25, 0.3) is 0 Å². The molecule has 0 nitrogen and oxygen atoms in total. The Morgan fingerprint density at radius 3 is 1.80 bits per heavy atom. The Hall–Kier alpha value is 0.0900. The van der Waals surface area contributed by atoms with Crippen LogP contribution >= 0.6 is 12.6 Å². The van der Waals surface area contributed by atoms with E-state index >= 15 is 0 Å². The standard InChI is InChI=1S/C4H6S/c1-4(5)2-3-4/h2-3,5H,1H3. The zero-order valence-electron chi connectivity index (χ0n) is 3.10. The van der Waals surface area contributed by atoms with Crippen LogP contribution < -0.4 is 0 Å². The van der Waals surface area contributed by atoms with Crippen molar-refractivity contribution in [2.75, 3.05) is 0 Å². The van der Waals surface area contributed by atoms with Gasteiger partial charge in [-0.3, -0.25) is 0 Å². The first-order chi connectivity index (χ1) is 2.21. The molecule has 28 valence electrons. The minimum absolute atomic E-state index is 0.194. The number of hydrogen-bond donors (Lipinski definition) is 1. The summed E-state index contributed by atoms with van der Waals surface area (Å²) in [5.41, 5.74) is 0. The van der Waals surface area contributed by atoms with Crippen LogP contribution in [0.15, 0.2) is 12.2 Å². The van der Waals surface area contributed by atoms with Crippen molar-refractivity contribution in [2.24, 2.45) is 0 Å². The third kappa shape index (κ3) is 0.690. The van der Waals surface area contributed by atoms with Gasteiger partial charge in [-0.25, -0.2) is 0 Å². The van der Waals surface area contributed by atoms with Gasteiger partial charge in [0.1, 0.15) is 0 Å². The maximum atomic E-state index is 4.12. The van der Waals surface area contributed by atoms with Crippen molar-refractivity contribution in [1.82, 2.24) is 0 Å². The second-order valence-corrected chi connectivity index (χ2v) is 2.52. The van der Waals surface area contributed by atoms with Crippen molar-refractivity contribution < 1.29 is 0 Å². The van der Waals surface area contributed by atoms with Crippen LogP contribution in [0.1, 0.15) is 6.92 Å². The van der Waals surface area contributed by atoms with Crippen LogP contribution in [0.5, 0.6) is 0 Å². The zero-order chi connectivity index (χ0) is 3.91. The first-order valence-electron chi connectivity index (χ1n) is 1.63. The van der Waals surface area contributed by atoms with Crippen molar-refractivity contribution in [3.8, 4) is 0 Å². The molecule has 0 fully saturated rings. The lowest BCUT2D eigenvalue weighted by molar-refractivity contribution is 1.17. The summed E-state index contributed by atoms with van der Waals surface area (Å²) >= 11 is 4.12. The maximum Gasteiger partial charge on any atom is 0.0461 e. The Labute approximate surface area is 37.3 Å². The zero-order valence-corrected chi connectivity index (χ0v) is 4.00. The van der Waals surface area contributed by atoms with Gasteiger partial charge in [-0.2, -0.15) is 12.6 Å². The molecule has 1 aliphatic carbocycles. The fourth-order valence-electron chi connectivity index (χ4n) is 0.121. The summed E-state index contributed by atoms with van der Waals surface area (Å²) in [4.78, 5) is 0. The van der Waals surface area contributed by atoms with Crippen molar-refractivity contribution in [3.05, 3.63) is 12.2 Å². The van der Waals surface area contributed by atoms with Crippen molar-refractivity contribution in [2.45, 2.75) is 11.7 Å². The highest BCUT2D eigenvalue weighted by Crippen LogP contribution is 2.28. The molecule has 1 heteroatoms. The molecule has 5 heavy (non-hydrogen) atoms. The van der Waals surface area contributed by atoms with Crippen LogP contribution in [0.2, 0.25) is 0 Å². The Balaban J connectivity index is 2.47. The van der Waals surface area contributed by atoms with Gasteiger partial charge in [0.2, 0.25) is 0 Å². The third-order valence-corrected chi connectivity index (χ3v) is 0.947. The molecular formula is C4H6S. The highest BCUT2D eigenvalue weighted by atomic mass is 32.1. The van der Waals surface area contributed by atoms with E-state index in [1.54, 1.807) is 0 Å². The van der Waals surface area contributed by atoms with Crippen LogP contribution in [-0.2, 0) is 0 Å². The van der Waals surface area contributed by atoms with Crippen LogP contribution in [-0.4, -0.2) is 4.75 Å². The summed E-state index contributed by atoms with van der Waals surface area (Å²) < 4.78 is 0.194. The summed E-state index contributed by atoms with van der Waals surface area (Å²) in [6, 6.07) is 0. The van der Waals surface area contributed by atoms with Crippen molar-refractivity contribution in [1.29, 1.82) is 0 Å². The number of rotatable bonds is 0. The Kier molecular flexibility index (Phi) is 0.392. The number of thiol groups is 1. The summed E-state index contributed by atoms with van der Waals surface area (Å²) in [5, 5.41) is 0. The molecular weight excluding hydrogens is 80.1 g/mol. The van der Waals surface area contributed by atoms with Crippen LogP contribution in [0.4, 0.5) is 0 Å². The topological polar surface area (TPSA) is 0 Å². The first-order valence-corrected chi connectivity index (χ1v) is 2.08. The van der Waals surface area contributed by atoms with Gasteiger partial charge < -0.3 is 0 Å². The molecule has 0 radical (unpaired) electrons. The second kappa shape index (κ2) is 0.597. The molecule has 0 amide bonds. The largest absolute Gasteiger partial charge is 0.164 e. The first kappa shape index (κ1) is 3.29. The van der Waals surface area contributed by atoms with E-state index in [4.69, 9.17) is 0 Å². The highest BCUT2D eigenvalue weighted by molar-refractivity contribution is 7.82. The highest BCUT2D eigenvalue weighted by Gasteiger charge is 2.20. The van der Waals surface area contributed by atoms with Gasteiger partial charge >= 0.3 is 0 Å².